The van der Waals surface area contributed by atoms with Crippen LogP contribution in [0.1, 0.15) is 47.2 Å². The van der Waals surface area contributed by atoms with Crippen molar-refractivity contribution in [3.05, 3.63) is 69.3 Å². The summed E-state index contributed by atoms with van der Waals surface area (Å²) in [4.78, 5) is 25.7. The molecule has 30 heavy (non-hydrogen) atoms. The van der Waals surface area contributed by atoms with E-state index in [9.17, 15) is 4.79 Å². The number of fused-ring (bicyclic) bond motifs is 1. The van der Waals surface area contributed by atoms with E-state index in [1.165, 1.54) is 29.8 Å². The Morgan fingerprint density at radius 2 is 1.97 bits per heavy atom. The third-order valence-corrected chi connectivity index (χ3v) is 6.47. The van der Waals surface area contributed by atoms with Crippen molar-refractivity contribution in [3.8, 4) is 17.0 Å². The minimum atomic E-state index is -0.0329. The second-order valence-corrected chi connectivity index (χ2v) is 8.47. The minimum absolute atomic E-state index is 0.0329. The highest BCUT2D eigenvalue weighted by molar-refractivity contribution is 5.69. The predicted octanol–water partition coefficient (Wildman–Crippen LogP) is 3.53. The third-order valence-electron chi connectivity index (χ3n) is 6.47. The zero-order valence-corrected chi connectivity index (χ0v) is 17.7. The Kier molecular flexibility index (Phi) is 4.65. The molecule has 0 bridgehead atoms. The minimum Gasteiger partial charge on any atom is -0.477 e. The molecule has 0 amide bonds. The molecule has 0 spiro atoms. The Balaban J connectivity index is 1.35. The lowest BCUT2D eigenvalue weighted by molar-refractivity contribution is 0.285. The van der Waals surface area contributed by atoms with Crippen molar-refractivity contribution in [2.24, 2.45) is 13.0 Å². The van der Waals surface area contributed by atoms with Gasteiger partial charge in [-0.3, -0.25) is 9.78 Å². The Labute approximate surface area is 176 Å². The van der Waals surface area contributed by atoms with Crippen LogP contribution in [0.2, 0.25) is 0 Å². The van der Waals surface area contributed by atoms with Crippen LogP contribution in [-0.4, -0.2) is 26.1 Å². The molecule has 2 aliphatic carbocycles. The third kappa shape index (κ3) is 3.40. The second kappa shape index (κ2) is 7.35. The van der Waals surface area contributed by atoms with Gasteiger partial charge in [-0.1, -0.05) is 6.07 Å². The van der Waals surface area contributed by atoms with Crippen molar-refractivity contribution < 1.29 is 4.74 Å². The molecule has 0 N–H and O–H groups in total. The van der Waals surface area contributed by atoms with E-state index in [1.54, 1.807) is 23.9 Å². The molecule has 3 aromatic heterocycles. The van der Waals surface area contributed by atoms with Gasteiger partial charge in [-0.25, -0.2) is 4.98 Å². The first-order chi connectivity index (χ1) is 14.5. The Hall–Kier alpha value is -3.02. The topological polar surface area (TPSA) is 69.9 Å². The van der Waals surface area contributed by atoms with E-state index < -0.39 is 0 Å². The molecule has 0 radical (unpaired) electrons. The van der Waals surface area contributed by atoms with Gasteiger partial charge in [0.25, 0.3) is 0 Å². The van der Waals surface area contributed by atoms with Crippen LogP contribution in [0.25, 0.3) is 11.1 Å². The van der Waals surface area contributed by atoms with Gasteiger partial charge >= 0.3 is 0 Å². The summed E-state index contributed by atoms with van der Waals surface area (Å²) in [5, 5.41) is 0. The molecule has 1 saturated carbocycles. The van der Waals surface area contributed by atoms with Gasteiger partial charge in [0.2, 0.25) is 11.4 Å². The molecule has 3 heterocycles. The molecule has 5 rings (SSSR count). The predicted molar refractivity (Wildman–Crippen MR) is 115 cm³/mol. The zero-order valence-electron chi connectivity index (χ0n) is 17.7. The standard InChI is InChI=1S/C24H26N4O2/c1-14-18(8-10-23(29)28(14)3)20-12-25-15(2)26-24(20)30-13-17-11-19(17)22-9-7-16-5-4-6-21(16)27-22/h7-10,12,17,19H,4-6,11,13H2,1-3H3/t17-,19+/m1/s1. The van der Waals surface area contributed by atoms with E-state index in [-0.39, 0.29) is 5.56 Å². The molecule has 0 aromatic carbocycles. The number of aromatic nitrogens is 4. The summed E-state index contributed by atoms with van der Waals surface area (Å²) in [7, 11) is 1.77. The molecule has 0 aliphatic heterocycles. The maximum absolute atomic E-state index is 11.9. The number of nitrogens with zero attached hydrogens (tertiary/aromatic N) is 4. The molecule has 6 heteroatoms. The average Bonchev–Trinajstić information content (AvgIpc) is 3.37. The highest BCUT2D eigenvalue weighted by Gasteiger charge is 2.40. The molecule has 2 aliphatic rings. The van der Waals surface area contributed by atoms with Crippen molar-refractivity contribution in [1.29, 1.82) is 0 Å². The fourth-order valence-corrected chi connectivity index (χ4v) is 4.39. The maximum atomic E-state index is 11.9. The molecular weight excluding hydrogens is 376 g/mol. The SMILES string of the molecule is Cc1ncc(-c2ccc(=O)n(C)c2C)c(OC[C@H]2C[C@@H]2c2ccc3c(n2)CCC3)n1. The molecule has 1 fully saturated rings. The highest BCUT2D eigenvalue weighted by atomic mass is 16.5. The van der Waals surface area contributed by atoms with Crippen LogP contribution in [0.5, 0.6) is 5.88 Å². The van der Waals surface area contributed by atoms with Crippen LogP contribution in [0.3, 0.4) is 0 Å². The van der Waals surface area contributed by atoms with Crippen LogP contribution in [0.4, 0.5) is 0 Å². The Bertz CT molecular complexity index is 1180. The van der Waals surface area contributed by atoms with Gasteiger partial charge in [0, 0.05) is 53.8 Å². The van der Waals surface area contributed by atoms with E-state index in [0.717, 1.165) is 29.7 Å². The molecule has 2 atom stereocenters. The van der Waals surface area contributed by atoms with Gasteiger partial charge in [0.1, 0.15) is 5.82 Å². The number of hydrogen-bond donors (Lipinski definition) is 0. The van der Waals surface area contributed by atoms with Crippen LogP contribution < -0.4 is 10.3 Å². The fraction of sp³-hybridized carbons (Fsp3) is 0.417. The van der Waals surface area contributed by atoms with E-state index >= 15 is 0 Å². The van der Waals surface area contributed by atoms with E-state index in [4.69, 9.17) is 9.72 Å². The normalized spacial score (nSPS) is 19.6. The van der Waals surface area contributed by atoms with E-state index in [1.807, 2.05) is 19.9 Å². The molecule has 6 nitrogen and oxygen atoms in total. The lowest BCUT2D eigenvalue weighted by Gasteiger charge is -2.14. The Morgan fingerprint density at radius 1 is 1.10 bits per heavy atom. The van der Waals surface area contributed by atoms with Crippen LogP contribution in [0, 0.1) is 19.8 Å². The van der Waals surface area contributed by atoms with E-state index in [0.29, 0.717) is 30.1 Å². The van der Waals surface area contributed by atoms with Gasteiger partial charge in [0.05, 0.1) is 12.2 Å². The summed E-state index contributed by atoms with van der Waals surface area (Å²) in [6.45, 7) is 4.40. The fourth-order valence-electron chi connectivity index (χ4n) is 4.39. The molecule has 0 saturated heterocycles. The molecular formula is C24H26N4O2. The summed E-state index contributed by atoms with van der Waals surface area (Å²) in [6.07, 6.45) is 6.39. The van der Waals surface area contributed by atoms with Crippen LogP contribution in [0.15, 0.2) is 35.3 Å². The number of rotatable bonds is 5. The largest absolute Gasteiger partial charge is 0.477 e. The average molecular weight is 402 g/mol. The quantitative estimate of drug-likeness (QED) is 0.653. The molecule has 0 unspecified atom stereocenters. The number of aryl methyl sites for hydroxylation is 3. The first-order valence-electron chi connectivity index (χ1n) is 10.6. The molecule has 3 aromatic rings. The van der Waals surface area contributed by atoms with Crippen molar-refractivity contribution in [1.82, 2.24) is 19.5 Å². The van der Waals surface area contributed by atoms with Gasteiger partial charge in [-0.15, -0.1) is 0 Å². The summed E-state index contributed by atoms with van der Waals surface area (Å²) < 4.78 is 7.83. The highest BCUT2D eigenvalue weighted by Crippen LogP contribution is 2.47. The lowest BCUT2D eigenvalue weighted by Crippen LogP contribution is -2.18. The Morgan fingerprint density at radius 3 is 2.83 bits per heavy atom. The van der Waals surface area contributed by atoms with Crippen molar-refractivity contribution >= 4 is 0 Å². The summed E-state index contributed by atoms with van der Waals surface area (Å²) in [6, 6.07) is 7.85. The summed E-state index contributed by atoms with van der Waals surface area (Å²) >= 11 is 0. The summed E-state index contributed by atoms with van der Waals surface area (Å²) in [5.74, 6) is 2.18. The van der Waals surface area contributed by atoms with Gasteiger partial charge in [0.15, 0.2) is 0 Å². The molecule has 154 valence electrons. The first kappa shape index (κ1) is 19.0. The number of hydrogen-bond acceptors (Lipinski definition) is 5. The van der Waals surface area contributed by atoms with Crippen molar-refractivity contribution in [3.63, 3.8) is 0 Å². The lowest BCUT2D eigenvalue weighted by atomic mass is 10.1. The number of ether oxygens (including phenoxy) is 1. The van der Waals surface area contributed by atoms with Gasteiger partial charge in [-0.05, 0) is 57.2 Å². The second-order valence-electron chi connectivity index (χ2n) is 8.47. The van der Waals surface area contributed by atoms with Gasteiger partial charge < -0.3 is 9.30 Å². The monoisotopic (exact) mass is 402 g/mol. The van der Waals surface area contributed by atoms with Crippen LogP contribution in [-0.2, 0) is 19.9 Å². The number of pyridine rings is 2. The van der Waals surface area contributed by atoms with E-state index in [2.05, 4.69) is 22.1 Å². The van der Waals surface area contributed by atoms with Gasteiger partial charge in [-0.2, -0.15) is 4.98 Å². The zero-order chi connectivity index (χ0) is 20.8. The van der Waals surface area contributed by atoms with Crippen molar-refractivity contribution in [2.75, 3.05) is 6.61 Å². The first-order valence-corrected chi connectivity index (χ1v) is 10.6. The van der Waals surface area contributed by atoms with Crippen LogP contribution >= 0.6 is 0 Å². The smallest absolute Gasteiger partial charge is 0.250 e. The maximum Gasteiger partial charge on any atom is 0.250 e. The summed E-state index contributed by atoms with van der Waals surface area (Å²) in [5.41, 5.74) is 6.48. The van der Waals surface area contributed by atoms with Crippen molar-refractivity contribution in [2.45, 2.75) is 45.4 Å².